The second-order valence-corrected chi connectivity index (χ2v) is 4.74. The molecule has 0 bridgehead atoms. The van der Waals surface area contributed by atoms with E-state index in [1.165, 1.54) is 23.5 Å². The molecule has 20 heavy (non-hydrogen) atoms. The first-order chi connectivity index (χ1) is 9.65. The Morgan fingerprint density at radius 3 is 2.45 bits per heavy atom. The molecule has 2 amide bonds. The van der Waals surface area contributed by atoms with Crippen molar-refractivity contribution in [3.8, 4) is 0 Å². The van der Waals surface area contributed by atoms with Crippen molar-refractivity contribution in [2.24, 2.45) is 0 Å². The molecule has 2 rings (SSSR count). The summed E-state index contributed by atoms with van der Waals surface area (Å²) in [4.78, 5) is 26.3. The van der Waals surface area contributed by atoms with Gasteiger partial charge in [-0.2, -0.15) is 0 Å². The van der Waals surface area contributed by atoms with Crippen LogP contribution in [-0.2, 0) is 13.1 Å². The maximum absolute atomic E-state index is 11.5. The maximum Gasteiger partial charge on any atom is 0.335 e. The van der Waals surface area contributed by atoms with Crippen LogP contribution in [0.15, 0.2) is 35.2 Å². The van der Waals surface area contributed by atoms with E-state index in [4.69, 9.17) is 5.11 Å². The Labute approximate surface area is 119 Å². The van der Waals surface area contributed by atoms with Crippen molar-refractivity contribution in [2.75, 3.05) is 0 Å². The minimum Gasteiger partial charge on any atom is -0.478 e. The molecule has 1 aromatic heterocycles. The number of hydrogen-bond donors (Lipinski definition) is 3. The quantitative estimate of drug-likeness (QED) is 0.784. The number of carboxylic acids is 1. The molecule has 0 aliphatic carbocycles. The van der Waals surface area contributed by atoms with E-state index in [1.807, 2.05) is 5.38 Å². The van der Waals surface area contributed by atoms with Crippen LogP contribution < -0.4 is 10.6 Å². The molecule has 0 aliphatic heterocycles. The third kappa shape index (κ3) is 4.06. The van der Waals surface area contributed by atoms with E-state index in [0.717, 1.165) is 11.3 Å². The summed E-state index contributed by atoms with van der Waals surface area (Å²) in [6, 6.07) is 6.06. The number of aromatic carboxylic acids is 1. The van der Waals surface area contributed by atoms with Gasteiger partial charge in [0.2, 0.25) is 0 Å². The first-order valence-electron chi connectivity index (χ1n) is 5.86. The molecule has 2 aromatic rings. The van der Waals surface area contributed by atoms with E-state index in [2.05, 4.69) is 15.6 Å². The van der Waals surface area contributed by atoms with Crippen molar-refractivity contribution in [3.05, 3.63) is 52.0 Å². The number of nitrogens with zero attached hydrogens (tertiary/aromatic N) is 1. The summed E-state index contributed by atoms with van der Waals surface area (Å²) in [6.07, 6.45) is 0. The first kappa shape index (κ1) is 14.0. The van der Waals surface area contributed by atoms with Crippen LogP contribution >= 0.6 is 11.3 Å². The number of aromatic nitrogens is 1. The van der Waals surface area contributed by atoms with Crippen LogP contribution in [0.2, 0.25) is 0 Å². The fraction of sp³-hybridized carbons (Fsp3) is 0.154. The van der Waals surface area contributed by atoms with Crippen LogP contribution in [0.3, 0.4) is 0 Å². The molecule has 0 spiro atoms. The van der Waals surface area contributed by atoms with Crippen molar-refractivity contribution >= 4 is 23.3 Å². The standard InChI is InChI=1S/C13H13N3O3S/c17-12(18)10-3-1-9(2-4-10)5-14-13(19)15-6-11-7-20-8-16-11/h1-4,7-8H,5-6H2,(H,17,18)(H2,14,15,19). The summed E-state index contributed by atoms with van der Waals surface area (Å²) < 4.78 is 0. The highest BCUT2D eigenvalue weighted by atomic mass is 32.1. The predicted octanol–water partition coefficient (Wildman–Crippen LogP) is 1.84. The van der Waals surface area contributed by atoms with E-state index < -0.39 is 5.97 Å². The molecule has 6 nitrogen and oxygen atoms in total. The maximum atomic E-state index is 11.5. The fourth-order valence-corrected chi connectivity index (χ4v) is 2.06. The Hall–Kier alpha value is -2.41. The Balaban J connectivity index is 1.76. The first-order valence-corrected chi connectivity index (χ1v) is 6.80. The molecule has 0 atom stereocenters. The molecule has 0 unspecified atom stereocenters. The number of amides is 2. The minimum atomic E-state index is -0.967. The van der Waals surface area contributed by atoms with Crippen molar-refractivity contribution in [2.45, 2.75) is 13.1 Å². The summed E-state index contributed by atoms with van der Waals surface area (Å²) in [7, 11) is 0. The van der Waals surface area contributed by atoms with Gasteiger partial charge >= 0.3 is 12.0 Å². The molecule has 104 valence electrons. The van der Waals surface area contributed by atoms with Crippen molar-refractivity contribution in [1.82, 2.24) is 15.6 Å². The lowest BCUT2D eigenvalue weighted by atomic mass is 10.1. The third-order valence-electron chi connectivity index (χ3n) is 2.57. The Bertz CT molecular complexity index is 581. The molecule has 7 heteroatoms. The van der Waals surface area contributed by atoms with Crippen molar-refractivity contribution < 1.29 is 14.7 Å². The lowest BCUT2D eigenvalue weighted by molar-refractivity contribution is 0.0697. The van der Waals surface area contributed by atoms with Crippen LogP contribution in [0.25, 0.3) is 0 Å². The number of benzene rings is 1. The van der Waals surface area contributed by atoms with Gasteiger partial charge in [-0.15, -0.1) is 11.3 Å². The van der Waals surface area contributed by atoms with E-state index in [-0.39, 0.29) is 11.6 Å². The zero-order valence-corrected chi connectivity index (χ0v) is 11.3. The number of carbonyl (C=O) groups is 2. The molecular formula is C13H13N3O3S. The van der Waals surface area contributed by atoms with Crippen LogP contribution in [0.5, 0.6) is 0 Å². The topological polar surface area (TPSA) is 91.3 Å². The van der Waals surface area contributed by atoms with Crippen LogP contribution in [-0.4, -0.2) is 22.1 Å². The summed E-state index contributed by atoms with van der Waals surface area (Å²) in [6.45, 7) is 0.718. The van der Waals surface area contributed by atoms with Crippen LogP contribution in [0, 0.1) is 0 Å². The number of urea groups is 1. The molecule has 1 heterocycles. The second-order valence-electron chi connectivity index (χ2n) is 4.02. The van der Waals surface area contributed by atoms with Gasteiger partial charge in [0.25, 0.3) is 0 Å². The number of nitrogens with one attached hydrogen (secondary N) is 2. The molecule has 0 radical (unpaired) electrons. The Kier molecular flexibility index (Phi) is 4.67. The normalized spacial score (nSPS) is 10.0. The van der Waals surface area contributed by atoms with Gasteiger partial charge in [0.05, 0.1) is 23.3 Å². The van der Waals surface area contributed by atoms with E-state index in [9.17, 15) is 9.59 Å². The molecule has 0 saturated carbocycles. The second kappa shape index (κ2) is 6.67. The number of carboxylic acid groups (broad SMARTS) is 1. The van der Waals surface area contributed by atoms with Gasteiger partial charge in [-0.05, 0) is 17.7 Å². The van der Waals surface area contributed by atoms with Gasteiger partial charge < -0.3 is 15.7 Å². The van der Waals surface area contributed by atoms with Gasteiger partial charge in [-0.1, -0.05) is 12.1 Å². The molecule has 3 N–H and O–H groups in total. The van der Waals surface area contributed by atoms with Gasteiger partial charge in [0.15, 0.2) is 0 Å². The highest BCUT2D eigenvalue weighted by molar-refractivity contribution is 7.07. The van der Waals surface area contributed by atoms with Crippen LogP contribution in [0.1, 0.15) is 21.6 Å². The summed E-state index contributed by atoms with van der Waals surface area (Å²) in [5.41, 5.74) is 3.58. The fourth-order valence-electron chi connectivity index (χ4n) is 1.51. The van der Waals surface area contributed by atoms with Gasteiger partial charge in [0.1, 0.15) is 0 Å². The highest BCUT2D eigenvalue weighted by Crippen LogP contribution is 2.04. The van der Waals surface area contributed by atoms with Crippen molar-refractivity contribution in [3.63, 3.8) is 0 Å². The molecule has 0 aliphatic rings. The summed E-state index contributed by atoms with van der Waals surface area (Å²) in [5, 5.41) is 16.0. The lowest BCUT2D eigenvalue weighted by Crippen LogP contribution is -2.34. The molecular weight excluding hydrogens is 278 g/mol. The Morgan fingerprint density at radius 1 is 1.15 bits per heavy atom. The monoisotopic (exact) mass is 291 g/mol. The van der Waals surface area contributed by atoms with Crippen LogP contribution in [0.4, 0.5) is 4.79 Å². The highest BCUT2D eigenvalue weighted by Gasteiger charge is 2.04. The van der Waals surface area contributed by atoms with Gasteiger partial charge in [0, 0.05) is 11.9 Å². The predicted molar refractivity (Wildman–Crippen MR) is 74.6 cm³/mol. The number of thiazole rings is 1. The average Bonchev–Trinajstić information content (AvgIpc) is 2.96. The lowest BCUT2D eigenvalue weighted by Gasteiger charge is -2.06. The number of rotatable bonds is 5. The summed E-state index contributed by atoms with van der Waals surface area (Å²) >= 11 is 1.47. The smallest absolute Gasteiger partial charge is 0.335 e. The van der Waals surface area contributed by atoms with Gasteiger partial charge in [-0.25, -0.2) is 14.6 Å². The summed E-state index contributed by atoms with van der Waals surface area (Å²) in [5.74, 6) is -0.967. The van der Waals surface area contributed by atoms with E-state index in [0.29, 0.717) is 13.1 Å². The molecule has 0 fully saturated rings. The van der Waals surface area contributed by atoms with Gasteiger partial charge in [-0.3, -0.25) is 0 Å². The average molecular weight is 291 g/mol. The van der Waals surface area contributed by atoms with E-state index >= 15 is 0 Å². The largest absolute Gasteiger partial charge is 0.478 e. The Morgan fingerprint density at radius 2 is 1.85 bits per heavy atom. The third-order valence-corrected chi connectivity index (χ3v) is 3.20. The molecule has 0 saturated heterocycles. The number of hydrogen-bond acceptors (Lipinski definition) is 4. The minimum absolute atomic E-state index is 0.224. The number of carbonyl (C=O) groups excluding carboxylic acids is 1. The molecule has 1 aromatic carbocycles. The SMILES string of the molecule is O=C(NCc1ccc(C(=O)O)cc1)NCc1cscn1. The zero-order valence-electron chi connectivity index (χ0n) is 10.5. The zero-order chi connectivity index (χ0) is 14.4. The van der Waals surface area contributed by atoms with E-state index in [1.54, 1.807) is 17.6 Å². The van der Waals surface area contributed by atoms with Crippen molar-refractivity contribution in [1.29, 1.82) is 0 Å².